The van der Waals surface area contributed by atoms with Gasteiger partial charge in [-0.2, -0.15) is 0 Å². The Bertz CT molecular complexity index is 452. The lowest BCUT2D eigenvalue weighted by Gasteiger charge is -2.21. The predicted octanol–water partition coefficient (Wildman–Crippen LogP) is 3.03. The van der Waals surface area contributed by atoms with Gasteiger partial charge in [0, 0.05) is 6.54 Å². The van der Waals surface area contributed by atoms with Crippen LogP contribution in [-0.4, -0.2) is 24.8 Å². The summed E-state index contributed by atoms with van der Waals surface area (Å²) >= 11 is 0. The van der Waals surface area contributed by atoms with E-state index in [1.807, 2.05) is 26.8 Å². The van der Waals surface area contributed by atoms with Crippen LogP contribution in [0.4, 0.5) is 4.79 Å². The van der Waals surface area contributed by atoms with Crippen LogP contribution >= 0.6 is 0 Å². The van der Waals surface area contributed by atoms with Crippen LogP contribution in [0.15, 0.2) is 24.3 Å². The van der Waals surface area contributed by atoms with E-state index in [2.05, 4.69) is 30.4 Å². The van der Waals surface area contributed by atoms with E-state index in [0.29, 0.717) is 13.1 Å². The topological polar surface area (TPSA) is 64.3 Å². The highest BCUT2D eigenvalue weighted by atomic mass is 16.6. The Hall–Kier alpha value is -1.55. The van der Waals surface area contributed by atoms with Crippen molar-refractivity contribution in [1.82, 2.24) is 5.32 Å². The number of aryl methyl sites for hydroxylation is 2. The minimum Gasteiger partial charge on any atom is -0.444 e. The van der Waals surface area contributed by atoms with Crippen molar-refractivity contribution in [2.24, 2.45) is 11.7 Å². The quantitative estimate of drug-likeness (QED) is 0.847. The Morgan fingerprint density at radius 1 is 1.33 bits per heavy atom. The molecule has 1 rings (SSSR count). The Morgan fingerprint density at radius 3 is 2.57 bits per heavy atom. The zero-order valence-electron chi connectivity index (χ0n) is 13.6. The van der Waals surface area contributed by atoms with Crippen LogP contribution in [-0.2, 0) is 11.2 Å². The number of rotatable bonds is 6. The van der Waals surface area contributed by atoms with E-state index in [0.717, 1.165) is 12.8 Å². The molecule has 0 aliphatic heterocycles. The summed E-state index contributed by atoms with van der Waals surface area (Å²) in [4.78, 5) is 11.6. The van der Waals surface area contributed by atoms with Gasteiger partial charge in [0.15, 0.2) is 0 Å². The van der Waals surface area contributed by atoms with E-state index in [-0.39, 0.29) is 12.0 Å². The fraction of sp³-hybridized carbons (Fsp3) is 0.588. The molecule has 1 amide bonds. The molecular formula is C17H28N2O2. The fourth-order valence-corrected chi connectivity index (χ4v) is 2.10. The highest BCUT2D eigenvalue weighted by Crippen LogP contribution is 2.13. The van der Waals surface area contributed by atoms with Crippen molar-refractivity contribution in [3.63, 3.8) is 0 Å². The van der Waals surface area contributed by atoms with Crippen LogP contribution in [0.2, 0.25) is 0 Å². The Labute approximate surface area is 128 Å². The molecule has 1 unspecified atom stereocenters. The molecular weight excluding hydrogens is 264 g/mol. The highest BCUT2D eigenvalue weighted by molar-refractivity contribution is 5.67. The molecule has 0 fully saturated rings. The number of alkyl carbamates (subject to hydrolysis) is 1. The number of carbonyl (C=O) groups excluding carboxylic acids is 1. The van der Waals surface area contributed by atoms with Crippen LogP contribution < -0.4 is 11.1 Å². The summed E-state index contributed by atoms with van der Waals surface area (Å²) in [5.74, 6) is 0.261. The summed E-state index contributed by atoms with van der Waals surface area (Å²) in [6.45, 7) is 8.78. The molecule has 1 aromatic rings. The average Bonchev–Trinajstić information content (AvgIpc) is 2.38. The standard InChI is InChI=1S/C17H28N2O2/c1-13-7-5-6-8-15(13)10-9-14(11-18)12-19-16(20)21-17(2,3)4/h5-8,14H,9-12,18H2,1-4H3,(H,19,20). The van der Waals surface area contributed by atoms with Crippen molar-refractivity contribution in [3.05, 3.63) is 35.4 Å². The molecule has 0 bridgehead atoms. The minimum atomic E-state index is -0.469. The smallest absolute Gasteiger partial charge is 0.407 e. The maximum absolute atomic E-state index is 11.6. The van der Waals surface area contributed by atoms with Gasteiger partial charge in [0.05, 0.1) is 0 Å². The Kier molecular flexibility index (Phi) is 6.69. The molecule has 0 saturated carbocycles. The molecule has 4 nitrogen and oxygen atoms in total. The van der Waals surface area contributed by atoms with Gasteiger partial charge in [0.2, 0.25) is 0 Å². The molecule has 0 aliphatic carbocycles. The summed E-state index contributed by atoms with van der Waals surface area (Å²) < 4.78 is 5.22. The van der Waals surface area contributed by atoms with Gasteiger partial charge in [-0.15, -0.1) is 0 Å². The second kappa shape index (κ2) is 8.03. The molecule has 0 aliphatic rings. The van der Waals surface area contributed by atoms with Gasteiger partial charge in [0.1, 0.15) is 5.60 Å². The number of carbonyl (C=O) groups is 1. The number of nitrogens with one attached hydrogen (secondary N) is 1. The van der Waals surface area contributed by atoms with Gasteiger partial charge in [-0.1, -0.05) is 24.3 Å². The molecule has 0 spiro atoms. The molecule has 4 heteroatoms. The summed E-state index contributed by atoms with van der Waals surface area (Å²) in [5.41, 5.74) is 7.97. The first-order valence-corrected chi connectivity index (χ1v) is 7.53. The molecule has 118 valence electrons. The molecule has 0 saturated heterocycles. The summed E-state index contributed by atoms with van der Waals surface area (Å²) in [5, 5.41) is 2.80. The summed E-state index contributed by atoms with van der Waals surface area (Å²) in [6, 6.07) is 8.36. The van der Waals surface area contributed by atoms with E-state index in [9.17, 15) is 4.79 Å². The van der Waals surface area contributed by atoms with Crippen LogP contribution in [0.5, 0.6) is 0 Å². The average molecular weight is 292 g/mol. The van der Waals surface area contributed by atoms with Gasteiger partial charge in [-0.05, 0) is 64.1 Å². The first kappa shape index (κ1) is 17.5. The van der Waals surface area contributed by atoms with Crippen LogP contribution in [0, 0.1) is 12.8 Å². The lowest BCUT2D eigenvalue weighted by atomic mass is 9.97. The number of nitrogens with two attached hydrogens (primary N) is 1. The zero-order chi connectivity index (χ0) is 15.9. The molecule has 1 atom stereocenters. The van der Waals surface area contributed by atoms with Crippen molar-refractivity contribution in [2.45, 2.75) is 46.1 Å². The minimum absolute atomic E-state index is 0.261. The predicted molar refractivity (Wildman–Crippen MR) is 86.3 cm³/mol. The summed E-state index contributed by atoms with van der Waals surface area (Å²) in [7, 11) is 0. The maximum Gasteiger partial charge on any atom is 0.407 e. The van der Waals surface area contributed by atoms with Gasteiger partial charge in [-0.3, -0.25) is 0 Å². The van der Waals surface area contributed by atoms with Gasteiger partial charge < -0.3 is 15.8 Å². The molecule has 0 radical (unpaired) electrons. The van der Waals surface area contributed by atoms with Crippen LogP contribution in [0.1, 0.15) is 38.3 Å². The van der Waals surface area contributed by atoms with E-state index in [1.54, 1.807) is 0 Å². The number of ether oxygens (including phenoxy) is 1. The van der Waals surface area contributed by atoms with Gasteiger partial charge in [0.25, 0.3) is 0 Å². The monoisotopic (exact) mass is 292 g/mol. The van der Waals surface area contributed by atoms with Crippen LogP contribution in [0.25, 0.3) is 0 Å². The van der Waals surface area contributed by atoms with Crippen LogP contribution in [0.3, 0.4) is 0 Å². The first-order chi connectivity index (χ1) is 9.81. The maximum atomic E-state index is 11.6. The third kappa shape index (κ3) is 7.14. The Balaban J connectivity index is 2.39. The van der Waals surface area contributed by atoms with E-state index in [1.165, 1.54) is 11.1 Å². The summed E-state index contributed by atoms with van der Waals surface area (Å²) in [6.07, 6.45) is 1.55. The third-order valence-corrected chi connectivity index (χ3v) is 3.35. The van der Waals surface area contributed by atoms with Crippen molar-refractivity contribution in [3.8, 4) is 0 Å². The van der Waals surface area contributed by atoms with E-state index < -0.39 is 5.60 Å². The molecule has 0 aromatic heterocycles. The SMILES string of the molecule is Cc1ccccc1CCC(CN)CNC(=O)OC(C)(C)C. The second-order valence-electron chi connectivity index (χ2n) is 6.45. The second-order valence-corrected chi connectivity index (χ2v) is 6.45. The molecule has 21 heavy (non-hydrogen) atoms. The normalized spacial score (nSPS) is 12.8. The largest absolute Gasteiger partial charge is 0.444 e. The fourth-order valence-electron chi connectivity index (χ4n) is 2.10. The number of hydrogen-bond donors (Lipinski definition) is 2. The van der Waals surface area contributed by atoms with Gasteiger partial charge in [-0.25, -0.2) is 4.79 Å². The third-order valence-electron chi connectivity index (χ3n) is 3.35. The number of amides is 1. The number of benzene rings is 1. The van der Waals surface area contributed by atoms with Crippen molar-refractivity contribution < 1.29 is 9.53 Å². The molecule has 3 N–H and O–H groups in total. The Morgan fingerprint density at radius 2 is 2.00 bits per heavy atom. The molecule has 1 aromatic carbocycles. The van der Waals surface area contributed by atoms with E-state index >= 15 is 0 Å². The van der Waals surface area contributed by atoms with E-state index in [4.69, 9.17) is 10.5 Å². The highest BCUT2D eigenvalue weighted by Gasteiger charge is 2.17. The van der Waals surface area contributed by atoms with Crippen molar-refractivity contribution in [1.29, 1.82) is 0 Å². The van der Waals surface area contributed by atoms with Gasteiger partial charge >= 0.3 is 6.09 Å². The molecule has 0 heterocycles. The first-order valence-electron chi connectivity index (χ1n) is 7.53. The lowest BCUT2D eigenvalue weighted by Crippen LogP contribution is -2.37. The van der Waals surface area contributed by atoms with Crippen molar-refractivity contribution >= 4 is 6.09 Å². The number of hydrogen-bond acceptors (Lipinski definition) is 3. The van der Waals surface area contributed by atoms with Crippen molar-refractivity contribution in [2.75, 3.05) is 13.1 Å². The zero-order valence-corrected chi connectivity index (χ0v) is 13.6. The lowest BCUT2D eigenvalue weighted by molar-refractivity contribution is 0.0519.